The summed E-state index contributed by atoms with van der Waals surface area (Å²) >= 11 is 0. The van der Waals surface area contributed by atoms with Crippen LogP contribution in [0.15, 0.2) is 18.5 Å². The van der Waals surface area contributed by atoms with Gasteiger partial charge in [-0.2, -0.15) is 0 Å². The summed E-state index contributed by atoms with van der Waals surface area (Å²) < 4.78 is 15.4. The highest BCUT2D eigenvalue weighted by Crippen LogP contribution is 2.14. The van der Waals surface area contributed by atoms with Gasteiger partial charge in [-0.1, -0.05) is 0 Å². The van der Waals surface area contributed by atoms with Gasteiger partial charge >= 0.3 is 0 Å². The molecule has 2 aromatic heterocycles. The first-order valence-electron chi connectivity index (χ1n) is 4.98. The smallest absolute Gasteiger partial charge is 0.188 e. The van der Waals surface area contributed by atoms with Crippen molar-refractivity contribution in [2.45, 2.75) is 20.8 Å². The number of hydrogen-bond acceptors (Lipinski definition) is 3. The Morgan fingerprint density at radius 2 is 1.75 bits per heavy atom. The van der Waals surface area contributed by atoms with Gasteiger partial charge in [-0.05, 0) is 32.9 Å². The molecular weight excluding hydrogens is 207 g/mol. The monoisotopic (exact) mass is 220 g/mol. The van der Waals surface area contributed by atoms with Gasteiger partial charge in [0, 0.05) is 11.4 Å². The topological polar surface area (TPSA) is 42.7 Å². The van der Waals surface area contributed by atoms with E-state index in [0.29, 0.717) is 5.69 Å². The maximum Gasteiger partial charge on any atom is 0.188 e. The molecule has 0 spiro atoms. The highest BCUT2D eigenvalue weighted by molar-refractivity contribution is 5.38. The molecule has 0 radical (unpaired) electrons. The number of aryl methyl sites for hydroxylation is 3. The number of nitrogens with zero attached hydrogens (tertiary/aromatic N) is 3. The second-order valence-electron chi connectivity index (χ2n) is 3.68. The van der Waals surface area contributed by atoms with Crippen molar-refractivity contribution in [3.63, 3.8) is 0 Å². The first kappa shape index (κ1) is 10.6. The highest BCUT2D eigenvalue weighted by Gasteiger charge is 2.09. The Labute approximate surface area is 93.1 Å². The molecule has 0 unspecified atom stereocenters. The van der Waals surface area contributed by atoms with Gasteiger partial charge in [0.1, 0.15) is 6.33 Å². The van der Waals surface area contributed by atoms with E-state index >= 15 is 0 Å². The molecule has 16 heavy (non-hydrogen) atoms. The van der Waals surface area contributed by atoms with Crippen molar-refractivity contribution >= 4 is 5.82 Å². The summed E-state index contributed by atoms with van der Waals surface area (Å²) in [4.78, 5) is 7.66. The zero-order chi connectivity index (χ0) is 11.7. The molecule has 2 heterocycles. The van der Waals surface area contributed by atoms with E-state index in [9.17, 15) is 4.39 Å². The predicted molar refractivity (Wildman–Crippen MR) is 59.7 cm³/mol. The Morgan fingerprint density at radius 3 is 2.38 bits per heavy atom. The molecule has 84 valence electrons. The SMILES string of the molecule is Cc1ncnc(Nn2c(C)ccc2C)c1F. The minimum absolute atomic E-state index is 0.190. The van der Waals surface area contributed by atoms with Crippen molar-refractivity contribution in [2.24, 2.45) is 0 Å². The molecule has 0 aliphatic carbocycles. The largest absolute Gasteiger partial charge is 0.275 e. The second-order valence-corrected chi connectivity index (χ2v) is 3.68. The summed E-state index contributed by atoms with van der Waals surface area (Å²) in [6.07, 6.45) is 1.34. The van der Waals surface area contributed by atoms with Crippen LogP contribution < -0.4 is 5.43 Å². The standard InChI is InChI=1S/C11H13FN4/c1-7-4-5-8(2)16(7)15-11-10(12)9(3)13-6-14-11/h4-6H,1-3H3,(H,13,14,15). The van der Waals surface area contributed by atoms with Crippen molar-refractivity contribution in [3.05, 3.63) is 41.4 Å². The molecular formula is C11H13FN4. The molecule has 0 amide bonds. The molecule has 0 fully saturated rings. The van der Waals surface area contributed by atoms with Crippen LogP contribution in [-0.4, -0.2) is 14.6 Å². The van der Waals surface area contributed by atoms with E-state index in [1.165, 1.54) is 6.33 Å². The molecule has 0 bridgehead atoms. The van der Waals surface area contributed by atoms with Crippen molar-refractivity contribution in [2.75, 3.05) is 5.43 Å². The third-order valence-corrected chi connectivity index (χ3v) is 2.45. The number of halogens is 1. The van der Waals surface area contributed by atoms with Crippen LogP contribution in [0.5, 0.6) is 0 Å². The molecule has 0 atom stereocenters. The number of rotatable bonds is 2. The molecule has 1 N–H and O–H groups in total. The van der Waals surface area contributed by atoms with Crippen LogP contribution in [0.2, 0.25) is 0 Å². The van der Waals surface area contributed by atoms with Crippen molar-refractivity contribution in [3.8, 4) is 0 Å². The van der Waals surface area contributed by atoms with E-state index in [2.05, 4.69) is 15.4 Å². The van der Waals surface area contributed by atoms with Gasteiger partial charge in [0.15, 0.2) is 11.6 Å². The average Bonchev–Trinajstić information content (AvgIpc) is 2.56. The summed E-state index contributed by atoms with van der Waals surface area (Å²) in [5.41, 5.74) is 5.24. The Kier molecular flexibility index (Phi) is 2.60. The number of hydrogen-bond donors (Lipinski definition) is 1. The lowest BCUT2D eigenvalue weighted by atomic mass is 10.4. The van der Waals surface area contributed by atoms with Gasteiger partial charge in [-0.15, -0.1) is 0 Å². The van der Waals surface area contributed by atoms with Crippen LogP contribution in [0.4, 0.5) is 10.2 Å². The highest BCUT2D eigenvalue weighted by atomic mass is 19.1. The number of nitrogens with one attached hydrogen (secondary N) is 1. The Bertz CT molecular complexity index is 499. The first-order valence-corrected chi connectivity index (χ1v) is 4.98. The van der Waals surface area contributed by atoms with Gasteiger partial charge in [-0.3, -0.25) is 10.1 Å². The van der Waals surface area contributed by atoms with Crippen LogP contribution >= 0.6 is 0 Å². The van der Waals surface area contributed by atoms with Crippen molar-refractivity contribution in [1.82, 2.24) is 14.6 Å². The molecule has 4 nitrogen and oxygen atoms in total. The maximum atomic E-state index is 13.7. The summed E-state index contributed by atoms with van der Waals surface area (Å²) in [6.45, 7) is 5.48. The third-order valence-electron chi connectivity index (χ3n) is 2.45. The van der Waals surface area contributed by atoms with Gasteiger partial charge < -0.3 is 0 Å². The summed E-state index contributed by atoms with van der Waals surface area (Å²) in [5, 5.41) is 0. The first-order chi connectivity index (χ1) is 7.59. The van der Waals surface area contributed by atoms with Crippen LogP contribution in [0.25, 0.3) is 0 Å². The van der Waals surface area contributed by atoms with Crippen LogP contribution in [0.3, 0.4) is 0 Å². The molecule has 0 aliphatic rings. The fourth-order valence-electron chi connectivity index (χ4n) is 1.49. The third kappa shape index (κ3) is 1.76. The second kappa shape index (κ2) is 3.92. The molecule has 0 saturated carbocycles. The summed E-state index contributed by atoms with van der Waals surface area (Å²) in [7, 11) is 0. The predicted octanol–water partition coefficient (Wildman–Crippen LogP) is 2.22. The van der Waals surface area contributed by atoms with E-state index in [-0.39, 0.29) is 5.82 Å². The zero-order valence-corrected chi connectivity index (χ0v) is 9.45. The summed E-state index contributed by atoms with van der Waals surface area (Å²) in [6, 6.07) is 3.91. The lowest BCUT2D eigenvalue weighted by Gasteiger charge is -2.12. The summed E-state index contributed by atoms with van der Waals surface area (Å²) in [5.74, 6) is -0.232. The Hall–Kier alpha value is -1.91. The Morgan fingerprint density at radius 1 is 1.12 bits per heavy atom. The lowest BCUT2D eigenvalue weighted by molar-refractivity contribution is 0.601. The molecule has 5 heteroatoms. The minimum atomic E-state index is -0.421. The van der Waals surface area contributed by atoms with E-state index in [1.807, 2.05) is 26.0 Å². The van der Waals surface area contributed by atoms with Crippen molar-refractivity contribution < 1.29 is 4.39 Å². The van der Waals surface area contributed by atoms with Gasteiger partial charge in [0.25, 0.3) is 0 Å². The van der Waals surface area contributed by atoms with Crippen LogP contribution in [-0.2, 0) is 0 Å². The maximum absolute atomic E-state index is 13.7. The normalized spacial score (nSPS) is 10.5. The molecule has 2 aromatic rings. The quantitative estimate of drug-likeness (QED) is 0.843. The average molecular weight is 220 g/mol. The van der Waals surface area contributed by atoms with Crippen LogP contribution in [0.1, 0.15) is 17.1 Å². The van der Waals surface area contributed by atoms with Gasteiger partial charge in [-0.25, -0.2) is 14.4 Å². The lowest BCUT2D eigenvalue weighted by Crippen LogP contribution is -2.15. The number of anilines is 1. The van der Waals surface area contributed by atoms with Crippen LogP contribution in [0, 0.1) is 26.6 Å². The molecule has 0 aliphatic heterocycles. The van der Waals surface area contributed by atoms with E-state index < -0.39 is 5.82 Å². The fraction of sp³-hybridized carbons (Fsp3) is 0.273. The minimum Gasteiger partial charge on any atom is -0.275 e. The molecule has 0 saturated heterocycles. The van der Waals surface area contributed by atoms with E-state index in [1.54, 1.807) is 11.6 Å². The number of aromatic nitrogens is 3. The molecule has 2 rings (SSSR count). The van der Waals surface area contributed by atoms with Gasteiger partial charge in [0.2, 0.25) is 0 Å². The van der Waals surface area contributed by atoms with Crippen molar-refractivity contribution in [1.29, 1.82) is 0 Å². The van der Waals surface area contributed by atoms with Gasteiger partial charge in [0.05, 0.1) is 5.69 Å². The zero-order valence-electron chi connectivity index (χ0n) is 9.45. The molecule has 0 aromatic carbocycles. The van der Waals surface area contributed by atoms with E-state index in [0.717, 1.165) is 11.4 Å². The van der Waals surface area contributed by atoms with E-state index in [4.69, 9.17) is 0 Å². The fourth-order valence-corrected chi connectivity index (χ4v) is 1.49. The Balaban J connectivity index is 2.38.